The maximum absolute atomic E-state index is 12.4. The minimum atomic E-state index is -2.11. The molecule has 0 aliphatic heterocycles. The number of ether oxygens (including phenoxy) is 1. The smallest absolute Gasteiger partial charge is 0.259 e. The molecule has 0 aliphatic carbocycles. The maximum Gasteiger partial charge on any atom is 0.259 e. The molecule has 2 aromatic rings. The number of hydrogen-bond donors (Lipinski definition) is 2. The maximum atomic E-state index is 12.4. The van der Waals surface area contributed by atoms with Crippen LogP contribution in [-0.4, -0.2) is 23.2 Å². The zero-order valence-corrected chi connectivity index (χ0v) is 13.7. The van der Waals surface area contributed by atoms with Crippen molar-refractivity contribution in [3.05, 3.63) is 58.5 Å². The molecule has 0 spiro atoms. The van der Waals surface area contributed by atoms with Gasteiger partial charge < -0.3 is 15.2 Å². The average molecular weight is 360 g/mol. The second-order valence-electron chi connectivity index (χ2n) is 5.14. The van der Waals surface area contributed by atoms with Crippen LogP contribution in [0.25, 0.3) is 0 Å². The lowest BCUT2D eigenvalue weighted by Crippen LogP contribution is -2.45. The van der Waals surface area contributed by atoms with E-state index in [4.69, 9.17) is 32.3 Å². The Hall–Kier alpha value is -3.06. The van der Waals surface area contributed by atoms with Crippen LogP contribution < -0.4 is 10.1 Å². The summed E-state index contributed by atoms with van der Waals surface area (Å²) < 4.78 is 36.3. The molecule has 0 aliphatic rings. The molecule has 1 atom stereocenters. The van der Waals surface area contributed by atoms with Gasteiger partial charge in [0.05, 0.1) is 27.7 Å². The van der Waals surface area contributed by atoms with Gasteiger partial charge in [0.15, 0.2) is 5.60 Å². The molecule has 7 heteroatoms. The molecule has 0 aromatic heterocycles. The molecule has 126 valence electrons. The van der Waals surface area contributed by atoms with E-state index in [9.17, 15) is 9.90 Å². The number of halogens is 1. The molecule has 0 saturated heterocycles. The van der Waals surface area contributed by atoms with Gasteiger partial charge in [0, 0.05) is 5.69 Å². The van der Waals surface area contributed by atoms with E-state index in [0.29, 0.717) is 0 Å². The Morgan fingerprint density at radius 1 is 1.36 bits per heavy atom. The predicted molar refractivity (Wildman–Crippen MR) is 92.1 cm³/mol. The number of aliphatic hydroxyl groups is 1. The molecular formula is C18H14ClN3O3. The molecule has 6 nitrogen and oxygen atoms in total. The number of carbonyl (C=O) groups is 1. The van der Waals surface area contributed by atoms with Crippen LogP contribution in [0.2, 0.25) is 5.02 Å². The Morgan fingerprint density at radius 3 is 2.60 bits per heavy atom. The van der Waals surface area contributed by atoms with Crippen molar-refractivity contribution in [2.75, 3.05) is 11.9 Å². The molecule has 2 aromatic carbocycles. The van der Waals surface area contributed by atoms with Crippen LogP contribution in [0.3, 0.4) is 0 Å². The first-order valence-electron chi connectivity index (χ1n) is 8.90. The first-order chi connectivity index (χ1) is 13.5. The molecule has 0 fully saturated rings. The molecule has 2 rings (SSSR count). The Bertz CT molecular complexity index is 1050. The monoisotopic (exact) mass is 359 g/mol. The third-order valence-corrected chi connectivity index (χ3v) is 3.36. The van der Waals surface area contributed by atoms with E-state index in [2.05, 4.69) is 5.32 Å². The van der Waals surface area contributed by atoms with Gasteiger partial charge >= 0.3 is 0 Å². The zero-order chi connectivity index (χ0) is 21.9. The summed E-state index contributed by atoms with van der Waals surface area (Å²) in [6.45, 7) is 0.444. The number of hydrogen-bond acceptors (Lipinski definition) is 5. The van der Waals surface area contributed by atoms with Gasteiger partial charge in [-0.25, -0.2) is 0 Å². The fourth-order valence-electron chi connectivity index (χ4n) is 1.66. The van der Waals surface area contributed by atoms with E-state index < -0.39 is 53.6 Å². The van der Waals surface area contributed by atoms with Crippen LogP contribution in [0, 0.1) is 22.7 Å². The van der Waals surface area contributed by atoms with Gasteiger partial charge in [0.1, 0.15) is 18.4 Å². The lowest BCUT2D eigenvalue weighted by Gasteiger charge is -2.22. The minimum absolute atomic E-state index is 0.113. The highest BCUT2D eigenvalue weighted by Crippen LogP contribution is 2.21. The summed E-state index contributed by atoms with van der Waals surface area (Å²) >= 11 is 5.90. The van der Waals surface area contributed by atoms with Gasteiger partial charge in [0.2, 0.25) is 0 Å². The number of nitrogens with one attached hydrogen (secondary N) is 1. The summed E-state index contributed by atoms with van der Waals surface area (Å²) in [5.74, 6) is -1.38. The summed E-state index contributed by atoms with van der Waals surface area (Å²) in [7, 11) is 0. The van der Waals surface area contributed by atoms with Crippen LogP contribution >= 0.6 is 11.6 Å². The number of nitriles is 2. The third-order valence-electron chi connectivity index (χ3n) is 3.05. The third kappa shape index (κ3) is 4.71. The van der Waals surface area contributed by atoms with Gasteiger partial charge in [-0.3, -0.25) is 4.79 Å². The van der Waals surface area contributed by atoms with Gasteiger partial charge in [-0.2, -0.15) is 10.5 Å². The quantitative estimate of drug-likeness (QED) is 0.853. The largest absolute Gasteiger partial charge is 0.490 e. The van der Waals surface area contributed by atoms with Crippen molar-refractivity contribution < 1.29 is 20.1 Å². The SMILES string of the molecule is [2H]c1c([2H])c(OC[C@](C)(O)C(=O)Nc2ccc(C#N)c(Cl)c2)c([2H])c([2H])c1C#N. The second-order valence-corrected chi connectivity index (χ2v) is 5.55. The number of benzene rings is 2. The van der Waals surface area contributed by atoms with Crippen LogP contribution in [0.15, 0.2) is 42.4 Å². The standard InChI is InChI=1S/C18H14ClN3O3/c1-18(24,11-25-15-6-2-12(9-20)3-7-15)17(23)22-14-5-4-13(10-21)16(19)8-14/h2-8,24H,11H2,1H3,(H,22,23)/t18-/m0/s1/i2D,3D,6D,7D. The molecule has 25 heavy (non-hydrogen) atoms. The Balaban J connectivity index is 2.20. The molecule has 0 unspecified atom stereocenters. The van der Waals surface area contributed by atoms with E-state index in [1.54, 1.807) is 6.07 Å². The summed E-state index contributed by atoms with van der Waals surface area (Å²) in [5, 5.41) is 30.7. The Morgan fingerprint density at radius 2 is 2.04 bits per heavy atom. The van der Waals surface area contributed by atoms with Crippen LogP contribution in [0.1, 0.15) is 23.5 Å². The van der Waals surface area contributed by atoms with Crippen molar-refractivity contribution in [3.63, 3.8) is 0 Å². The van der Waals surface area contributed by atoms with E-state index in [1.165, 1.54) is 18.2 Å². The van der Waals surface area contributed by atoms with Gasteiger partial charge in [-0.15, -0.1) is 0 Å². The zero-order valence-electron chi connectivity index (χ0n) is 17.0. The Kier molecular flexibility index (Phi) is 4.07. The van der Waals surface area contributed by atoms with Gasteiger partial charge in [-0.05, 0) is 49.3 Å². The van der Waals surface area contributed by atoms with Gasteiger partial charge in [0.25, 0.3) is 5.91 Å². The van der Waals surface area contributed by atoms with Crippen molar-refractivity contribution in [1.82, 2.24) is 0 Å². The lowest BCUT2D eigenvalue weighted by molar-refractivity contribution is -0.135. The highest BCUT2D eigenvalue weighted by Gasteiger charge is 2.31. The first-order valence-corrected chi connectivity index (χ1v) is 7.28. The molecule has 0 saturated carbocycles. The molecule has 2 N–H and O–H groups in total. The molecule has 0 bridgehead atoms. The normalized spacial score (nSPS) is 14.6. The fourth-order valence-corrected chi connectivity index (χ4v) is 1.88. The predicted octanol–water partition coefficient (Wildman–Crippen LogP) is 2.85. The van der Waals surface area contributed by atoms with E-state index in [-0.39, 0.29) is 16.3 Å². The first kappa shape index (κ1) is 13.3. The minimum Gasteiger partial charge on any atom is -0.490 e. The summed E-state index contributed by atoms with van der Waals surface area (Å²) in [5.41, 5.74) is -2.11. The average Bonchev–Trinajstić information content (AvgIpc) is 2.67. The summed E-state index contributed by atoms with van der Waals surface area (Å²) in [4.78, 5) is 12.4. The molecule has 0 radical (unpaired) electrons. The van der Waals surface area contributed by atoms with Crippen molar-refractivity contribution in [2.45, 2.75) is 12.5 Å². The van der Waals surface area contributed by atoms with Crippen LogP contribution in [0.4, 0.5) is 5.69 Å². The molecule has 1 amide bonds. The number of anilines is 1. The number of carbonyl (C=O) groups excluding carboxylic acids is 1. The van der Waals surface area contributed by atoms with Crippen LogP contribution in [-0.2, 0) is 4.79 Å². The molecular weight excluding hydrogens is 342 g/mol. The highest BCUT2D eigenvalue weighted by atomic mass is 35.5. The Labute approximate surface area is 155 Å². The topological polar surface area (TPSA) is 106 Å². The van der Waals surface area contributed by atoms with Gasteiger partial charge in [-0.1, -0.05) is 11.6 Å². The summed E-state index contributed by atoms with van der Waals surface area (Å²) in [6, 6.07) is 5.24. The van der Waals surface area contributed by atoms with Crippen molar-refractivity contribution in [1.29, 1.82) is 10.5 Å². The number of rotatable bonds is 5. The molecule has 0 heterocycles. The summed E-state index contributed by atoms with van der Waals surface area (Å²) in [6.07, 6.45) is 0. The lowest BCUT2D eigenvalue weighted by atomic mass is 10.1. The fraction of sp³-hybridized carbons (Fsp3) is 0.167. The van der Waals surface area contributed by atoms with Crippen molar-refractivity contribution >= 4 is 23.2 Å². The van der Waals surface area contributed by atoms with Crippen molar-refractivity contribution in [3.8, 4) is 17.9 Å². The second kappa shape index (κ2) is 7.67. The van der Waals surface area contributed by atoms with Crippen molar-refractivity contribution in [2.24, 2.45) is 0 Å². The van der Waals surface area contributed by atoms with E-state index in [1.807, 2.05) is 6.07 Å². The number of amides is 1. The van der Waals surface area contributed by atoms with Crippen LogP contribution in [0.5, 0.6) is 5.75 Å². The van der Waals surface area contributed by atoms with E-state index in [0.717, 1.165) is 6.92 Å². The highest BCUT2D eigenvalue weighted by molar-refractivity contribution is 6.32. The number of nitrogens with zero attached hydrogens (tertiary/aromatic N) is 2. The van der Waals surface area contributed by atoms with E-state index >= 15 is 0 Å².